The first-order chi connectivity index (χ1) is 17.1. The summed E-state index contributed by atoms with van der Waals surface area (Å²) in [5.41, 5.74) is -1.18. The molecule has 2 aromatic carbocycles. The van der Waals surface area contributed by atoms with E-state index in [-0.39, 0.29) is 19.0 Å². The van der Waals surface area contributed by atoms with Crippen molar-refractivity contribution in [2.24, 2.45) is 7.05 Å². The number of carbonyl (C=O) groups is 2. The van der Waals surface area contributed by atoms with Crippen molar-refractivity contribution >= 4 is 12.0 Å². The maximum atomic E-state index is 13.1. The molecule has 0 spiro atoms. The molecule has 0 saturated heterocycles. The molecule has 2 amide bonds. The number of aliphatic hydroxyl groups is 1. The van der Waals surface area contributed by atoms with E-state index < -0.39 is 40.4 Å². The van der Waals surface area contributed by atoms with Gasteiger partial charge in [-0.05, 0) is 37.1 Å². The summed E-state index contributed by atoms with van der Waals surface area (Å²) < 4.78 is 19.3. The molecule has 0 radical (unpaired) electrons. The first-order valence-electron chi connectivity index (χ1n) is 10.8. The lowest BCUT2D eigenvalue weighted by atomic mass is 10.0. The van der Waals surface area contributed by atoms with Gasteiger partial charge in [-0.1, -0.05) is 42.5 Å². The second kappa shape index (κ2) is 12.5. The minimum atomic E-state index is -1.23. The standard InChI is InChI=1S/C24H25FN4O5.CH4O/c1-24(2,28-23(33)34-14-16-7-5-4-6-8-16)22-27-18(19(30)21(32)29(22)3)20(31)26-13-15-9-11-17(25)12-10-15;1-2/h4-12,30H,13-14H2,1-3H3,(H,26,31)(H,28,33);2H,1H3. The number of ether oxygens (including phenoxy) is 1. The zero-order valence-electron chi connectivity index (χ0n) is 20.4. The Balaban J connectivity index is 0.00000222. The van der Waals surface area contributed by atoms with E-state index in [1.54, 1.807) is 26.0 Å². The summed E-state index contributed by atoms with van der Waals surface area (Å²) in [7, 11) is 2.36. The van der Waals surface area contributed by atoms with Gasteiger partial charge in [0.2, 0.25) is 5.75 Å². The summed E-state index contributed by atoms with van der Waals surface area (Å²) >= 11 is 0. The number of rotatable bonds is 7. The SMILES string of the molecule is CO.Cn1c(C(C)(C)NC(=O)OCc2ccccc2)nc(C(=O)NCc2ccc(F)cc2)c(O)c1=O. The van der Waals surface area contributed by atoms with Crippen LogP contribution in [0.5, 0.6) is 5.75 Å². The van der Waals surface area contributed by atoms with Crippen LogP contribution in [0.3, 0.4) is 0 Å². The first-order valence-corrected chi connectivity index (χ1v) is 10.8. The summed E-state index contributed by atoms with van der Waals surface area (Å²) in [6.45, 7) is 3.23. The molecule has 0 saturated carbocycles. The van der Waals surface area contributed by atoms with Crippen molar-refractivity contribution in [2.75, 3.05) is 7.11 Å². The third kappa shape index (κ3) is 7.12. The van der Waals surface area contributed by atoms with Crippen LogP contribution >= 0.6 is 0 Å². The Bertz CT molecular complexity index is 1240. The normalized spacial score (nSPS) is 10.6. The molecule has 36 heavy (non-hydrogen) atoms. The number of aromatic hydroxyl groups is 1. The quantitative estimate of drug-likeness (QED) is 0.390. The summed E-state index contributed by atoms with van der Waals surface area (Å²) in [6, 6.07) is 14.6. The van der Waals surface area contributed by atoms with E-state index in [0.717, 1.165) is 17.2 Å². The topological polar surface area (TPSA) is 143 Å². The first kappa shape index (κ1) is 28.0. The molecule has 0 aliphatic rings. The highest BCUT2D eigenvalue weighted by atomic mass is 19.1. The predicted molar refractivity (Wildman–Crippen MR) is 130 cm³/mol. The number of amides is 2. The van der Waals surface area contributed by atoms with Crippen LogP contribution in [0, 0.1) is 5.82 Å². The van der Waals surface area contributed by atoms with Gasteiger partial charge in [-0.3, -0.25) is 14.2 Å². The van der Waals surface area contributed by atoms with E-state index in [2.05, 4.69) is 15.6 Å². The Morgan fingerprint density at radius 2 is 1.67 bits per heavy atom. The number of carbonyl (C=O) groups excluding carboxylic acids is 2. The van der Waals surface area contributed by atoms with Gasteiger partial charge in [-0.2, -0.15) is 0 Å². The Hall–Kier alpha value is -4.25. The molecule has 0 fully saturated rings. The maximum Gasteiger partial charge on any atom is 0.408 e. The molecule has 0 aliphatic carbocycles. The van der Waals surface area contributed by atoms with Crippen molar-refractivity contribution in [1.82, 2.24) is 20.2 Å². The number of aromatic nitrogens is 2. The van der Waals surface area contributed by atoms with E-state index in [1.165, 1.54) is 31.3 Å². The van der Waals surface area contributed by atoms with Crippen molar-refractivity contribution in [3.63, 3.8) is 0 Å². The fraction of sp³-hybridized carbons (Fsp3) is 0.280. The molecule has 0 atom stereocenters. The summed E-state index contributed by atoms with van der Waals surface area (Å²) in [6.07, 6.45) is -0.751. The van der Waals surface area contributed by atoms with Gasteiger partial charge in [0.15, 0.2) is 5.69 Å². The highest BCUT2D eigenvalue weighted by Crippen LogP contribution is 2.20. The fourth-order valence-electron chi connectivity index (χ4n) is 3.25. The van der Waals surface area contributed by atoms with Crippen LogP contribution in [0.4, 0.5) is 9.18 Å². The molecule has 3 rings (SSSR count). The van der Waals surface area contributed by atoms with Crippen molar-refractivity contribution in [2.45, 2.75) is 32.5 Å². The largest absolute Gasteiger partial charge is 0.501 e. The lowest BCUT2D eigenvalue weighted by molar-refractivity contribution is 0.0941. The van der Waals surface area contributed by atoms with E-state index in [1.807, 2.05) is 18.2 Å². The molecule has 0 bridgehead atoms. The highest BCUT2D eigenvalue weighted by Gasteiger charge is 2.31. The molecular weight excluding hydrogens is 471 g/mol. The third-order valence-corrected chi connectivity index (χ3v) is 5.03. The lowest BCUT2D eigenvalue weighted by Crippen LogP contribution is -2.46. The fourth-order valence-corrected chi connectivity index (χ4v) is 3.25. The number of hydrogen-bond donors (Lipinski definition) is 4. The number of nitrogens with zero attached hydrogens (tertiary/aromatic N) is 2. The number of benzene rings is 2. The molecular formula is C25H29FN4O6. The highest BCUT2D eigenvalue weighted by molar-refractivity contribution is 5.94. The average Bonchev–Trinajstić information content (AvgIpc) is 2.87. The third-order valence-electron chi connectivity index (χ3n) is 5.03. The summed E-state index contributed by atoms with van der Waals surface area (Å²) in [5, 5.41) is 22.4. The Kier molecular flexibility index (Phi) is 9.68. The predicted octanol–water partition coefficient (Wildman–Crippen LogP) is 2.33. The molecule has 192 valence electrons. The van der Waals surface area contributed by atoms with Gasteiger partial charge in [0.25, 0.3) is 11.5 Å². The molecule has 1 aromatic heterocycles. The van der Waals surface area contributed by atoms with Crippen LogP contribution in [0.1, 0.15) is 41.3 Å². The Morgan fingerprint density at radius 3 is 2.28 bits per heavy atom. The number of hydrogen-bond acceptors (Lipinski definition) is 7. The number of nitrogens with one attached hydrogen (secondary N) is 2. The number of alkyl carbamates (subject to hydrolysis) is 1. The van der Waals surface area contributed by atoms with Gasteiger partial charge in [0.05, 0.1) is 5.54 Å². The second-order valence-corrected chi connectivity index (χ2v) is 8.12. The Morgan fingerprint density at radius 1 is 1.06 bits per heavy atom. The van der Waals surface area contributed by atoms with Crippen molar-refractivity contribution in [1.29, 1.82) is 0 Å². The molecule has 0 unspecified atom stereocenters. The van der Waals surface area contributed by atoms with Crippen molar-refractivity contribution in [3.05, 3.63) is 93.4 Å². The van der Waals surface area contributed by atoms with Gasteiger partial charge < -0.3 is 25.6 Å². The molecule has 3 aromatic rings. The van der Waals surface area contributed by atoms with Gasteiger partial charge >= 0.3 is 6.09 Å². The molecule has 4 N–H and O–H groups in total. The summed E-state index contributed by atoms with van der Waals surface area (Å²) in [5.74, 6) is -2.02. The maximum absolute atomic E-state index is 13.1. The van der Waals surface area contributed by atoms with Crippen LogP contribution in [-0.2, 0) is 30.5 Å². The smallest absolute Gasteiger partial charge is 0.408 e. The van der Waals surface area contributed by atoms with Crippen molar-refractivity contribution in [3.8, 4) is 5.75 Å². The number of halogens is 1. The minimum absolute atomic E-state index is 0.0260. The zero-order chi connectivity index (χ0) is 26.9. The second-order valence-electron chi connectivity index (χ2n) is 8.12. The monoisotopic (exact) mass is 500 g/mol. The number of aliphatic hydroxyl groups excluding tert-OH is 1. The van der Waals surface area contributed by atoms with E-state index in [4.69, 9.17) is 9.84 Å². The Labute approximate surface area is 207 Å². The summed E-state index contributed by atoms with van der Waals surface area (Å²) in [4.78, 5) is 41.8. The van der Waals surface area contributed by atoms with Gasteiger partial charge in [0.1, 0.15) is 18.2 Å². The van der Waals surface area contributed by atoms with Gasteiger partial charge in [-0.25, -0.2) is 14.2 Å². The van der Waals surface area contributed by atoms with Gasteiger partial charge in [0, 0.05) is 20.7 Å². The lowest BCUT2D eigenvalue weighted by Gasteiger charge is -2.27. The van der Waals surface area contributed by atoms with E-state index in [0.29, 0.717) is 5.56 Å². The van der Waals surface area contributed by atoms with E-state index >= 15 is 0 Å². The van der Waals surface area contributed by atoms with Crippen LogP contribution in [0.25, 0.3) is 0 Å². The van der Waals surface area contributed by atoms with Crippen LogP contribution in [-0.4, -0.2) is 38.9 Å². The van der Waals surface area contributed by atoms with Crippen LogP contribution < -0.4 is 16.2 Å². The van der Waals surface area contributed by atoms with Crippen LogP contribution in [0.2, 0.25) is 0 Å². The van der Waals surface area contributed by atoms with Gasteiger partial charge in [-0.15, -0.1) is 0 Å². The average molecular weight is 501 g/mol. The zero-order valence-corrected chi connectivity index (χ0v) is 20.4. The molecule has 10 nitrogen and oxygen atoms in total. The van der Waals surface area contributed by atoms with Crippen LogP contribution in [0.15, 0.2) is 59.4 Å². The molecule has 1 heterocycles. The minimum Gasteiger partial charge on any atom is -0.501 e. The molecule has 11 heteroatoms. The van der Waals surface area contributed by atoms with Crippen molar-refractivity contribution < 1.29 is 28.9 Å². The molecule has 0 aliphatic heterocycles. The van der Waals surface area contributed by atoms with E-state index in [9.17, 15) is 23.9 Å².